The van der Waals surface area contributed by atoms with Crippen LogP contribution in [0.25, 0.3) is 0 Å². The van der Waals surface area contributed by atoms with Gasteiger partial charge < -0.3 is 0 Å². The van der Waals surface area contributed by atoms with Gasteiger partial charge in [-0.1, -0.05) is 45.7 Å². The molecule has 0 spiro atoms. The molecule has 1 rings (SSSR count). The van der Waals surface area contributed by atoms with Crippen molar-refractivity contribution in [1.29, 1.82) is 0 Å². The summed E-state index contributed by atoms with van der Waals surface area (Å²) in [7, 11) is 0. The van der Waals surface area contributed by atoms with Gasteiger partial charge in [-0.05, 0) is 35.8 Å². The maximum Gasteiger partial charge on any atom is 0.0460 e. The Labute approximate surface area is 116 Å². The molecule has 3 N–H and O–H groups in total. The van der Waals surface area contributed by atoms with E-state index < -0.39 is 0 Å². The van der Waals surface area contributed by atoms with Crippen LogP contribution in [0.2, 0.25) is 0 Å². The van der Waals surface area contributed by atoms with E-state index in [1.807, 2.05) is 11.8 Å². The SMILES string of the molecule is CCSc1ccc(C(CCCC(C)C)NN)cc1. The third kappa shape index (κ3) is 5.42. The molecule has 102 valence electrons. The van der Waals surface area contributed by atoms with Crippen LogP contribution in [0.15, 0.2) is 29.2 Å². The van der Waals surface area contributed by atoms with E-state index >= 15 is 0 Å². The first-order valence-electron chi connectivity index (χ1n) is 6.86. The number of benzene rings is 1. The minimum Gasteiger partial charge on any atom is -0.271 e. The molecule has 0 amide bonds. The van der Waals surface area contributed by atoms with Gasteiger partial charge in [0.2, 0.25) is 0 Å². The van der Waals surface area contributed by atoms with E-state index in [0.717, 1.165) is 18.1 Å². The molecular formula is C15H26N2S. The van der Waals surface area contributed by atoms with Gasteiger partial charge in [0.25, 0.3) is 0 Å². The lowest BCUT2D eigenvalue weighted by Crippen LogP contribution is -2.28. The predicted molar refractivity (Wildman–Crippen MR) is 81.6 cm³/mol. The average Bonchev–Trinajstić information content (AvgIpc) is 2.36. The molecule has 2 nitrogen and oxygen atoms in total. The lowest BCUT2D eigenvalue weighted by atomic mass is 9.98. The van der Waals surface area contributed by atoms with E-state index in [4.69, 9.17) is 5.84 Å². The molecule has 0 aliphatic carbocycles. The summed E-state index contributed by atoms with van der Waals surface area (Å²) < 4.78 is 0. The van der Waals surface area contributed by atoms with Gasteiger partial charge in [-0.3, -0.25) is 11.3 Å². The van der Waals surface area contributed by atoms with Crippen LogP contribution in [-0.4, -0.2) is 5.75 Å². The summed E-state index contributed by atoms with van der Waals surface area (Å²) in [5.41, 5.74) is 4.23. The van der Waals surface area contributed by atoms with Crippen molar-refractivity contribution < 1.29 is 0 Å². The zero-order chi connectivity index (χ0) is 13.4. The minimum absolute atomic E-state index is 0.282. The van der Waals surface area contributed by atoms with Crippen molar-refractivity contribution in [2.24, 2.45) is 11.8 Å². The Morgan fingerprint density at radius 2 is 1.83 bits per heavy atom. The van der Waals surface area contributed by atoms with E-state index in [-0.39, 0.29) is 6.04 Å². The van der Waals surface area contributed by atoms with Crippen LogP contribution in [-0.2, 0) is 0 Å². The number of hydrogen-bond acceptors (Lipinski definition) is 3. The van der Waals surface area contributed by atoms with E-state index in [2.05, 4.69) is 50.5 Å². The van der Waals surface area contributed by atoms with Gasteiger partial charge in [-0.25, -0.2) is 0 Å². The van der Waals surface area contributed by atoms with Crippen LogP contribution >= 0.6 is 11.8 Å². The van der Waals surface area contributed by atoms with E-state index in [1.165, 1.54) is 23.3 Å². The molecule has 3 heteroatoms. The second kappa shape index (κ2) is 8.57. The third-order valence-electron chi connectivity index (χ3n) is 3.07. The quantitative estimate of drug-likeness (QED) is 0.422. The van der Waals surface area contributed by atoms with Crippen molar-refractivity contribution in [2.75, 3.05) is 5.75 Å². The molecule has 0 saturated heterocycles. The highest BCUT2D eigenvalue weighted by molar-refractivity contribution is 7.99. The summed E-state index contributed by atoms with van der Waals surface area (Å²) in [6.07, 6.45) is 3.59. The fourth-order valence-electron chi connectivity index (χ4n) is 2.04. The highest BCUT2D eigenvalue weighted by atomic mass is 32.2. The Bertz CT molecular complexity index is 322. The van der Waals surface area contributed by atoms with Gasteiger partial charge in [0.15, 0.2) is 0 Å². The lowest BCUT2D eigenvalue weighted by Gasteiger charge is -2.17. The maximum atomic E-state index is 5.66. The van der Waals surface area contributed by atoms with Gasteiger partial charge in [0, 0.05) is 10.9 Å². The summed E-state index contributed by atoms with van der Waals surface area (Å²) in [5, 5.41) is 0. The Morgan fingerprint density at radius 3 is 2.33 bits per heavy atom. The Kier molecular flexibility index (Phi) is 7.40. The van der Waals surface area contributed by atoms with Gasteiger partial charge in [-0.2, -0.15) is 0 Å². The van der Waals surface area contributed by atoms with Crippen molar-refractivity contribution >= 4 is 11.8 Å². The van der Waals surface area contributed by atoms with Gasteiger partial charge >= 0.3 is 0 Å². The molecule has 0 fully saturated rings. The monoisotopic (exact) mass is 266 g/mol. The average molecular weight is 266 g/mol. The van der Waals surface area contributed by atoms with Crippen LogP contribution in [0.5, 0.6) is 0 Å². The van der Waals surface area contributed by atoms with Crippen molar-refractivity contribution in [3.63, 3.8) is 0 Å². The highest BCUT2D eigenvalue weighted by Crippen LogP contribution is 2.23. The molecule has 0 bridgehead atoms. The maximum absolute atomic E-state index is 5.66. The molecular weight excluding hydrogens is 240 g/mol. The summed E-state index contributed by atoms with van der Waals surface area (Å²) in [6, 6.07) is 9.05. The first kappa shape index (κ1) is 15.5. The van der Waals surface area contributed by atoms with Crippen molar-refractivity contribution in [3.05, 3.63) is 29.8 Å². The van der Waals surface area contributed by atoms with Crippen LogP contribution in [0.4, 0.5) is 0 Å². The molecule has 0 radical (unpaired) electrons. The number of nitrogens with two attached hydrogens (primary N) is 1. The Balaban J connectivity index is 2.53. The topological polar surface area (TPSA) is 38.0 Å². The molecule has 0 saturated carbocycles. The number of hydrazine groups is 1. The summed E-state index contributed by atoms with van der Waals surface area (Å²) in [6.45, 7) is 6.71. The number of nitrogens with one attached hydrogen (secondary N) is 1. The number of hydrogen-bond donors (Lipinski definition) is 2. The summed E-state index contributed by atoms with van der Waals surface area (Å²) in [4.78, 5) is 1.33. The number of thioether (sulfide) groups is 1. The normalized spacial score (nSPS) is 12.9. The van der Waals surface area contributed by atoms with Crippen LogP contribution in [0, 0.1) is 5.92 Å². The third-order valence-corrected chi connectivity index (χ3v) is 3.96. The van der Waals surface area contributed by atoms with Crippen molar-refractivity contribution in [1.82, 2.24) is 5.43 Å². The second-order valence-corrected chi connectivity index (χ2v) is 6.38. The minimum atomic E-state index is 0.282. The summed E-state index contributed by atoms with van der Waals surface area (Å²) >= 11 is 1.87. The fraction of sp³-hybridized carbons (Fsp3) is 0.600. The molecule has 18 heavy (non-hydrogen) atoms. The van der Waals surface area contributed by atoms with E-state index in [1.54, 1.807) is 0 Å². The van der Waals surface area contributed by atoms with Gasteiger partial charge in [0.1, 0.15) is 0 Å². The first-order valence-corrected chi connectivity index (χ1v) is 7.84. The molecule has 0 heterocycles. The first-order chi connectivity index (χ1) is 8.67. The number of rotatable bonds is 8. The predicted octanol–water partition coefficient (Wildman–Crippen LogP) is 4.13. The van der Waals surface area contributed by atoms with E-state index in [9.17, 15) is 0 Å². The molecule has 1 unspecified atom stereocenters. The molecule has 0 aliphatic heterocycles. The fourth-order valence-corrected chi connectivity index (χ4v) is 2.70. The molecule has 0 aliphatic rings. The zero-order valence-corrected chi connectivity index (χ0v) is 12.6. The van der Waals surface area contributed by atoms with Crippen molar-refractivity contribution in [2.45, 2.75) is 51.0 Å². The van der Waals surface area contributed by atoms with Crippen molar-refractivity contribution in [3.8, 4) is 0 Å². The Morgan fingerprint density at radius 1 is 1.17 bits per heavy atom. The molecule has 1 aromatic rings. The smallest absolute Gasteiger partial charge is 0.0460 e. The van der Waals surface area contributed by atoms with E-state index in [0.29, 0.717) is 0 Å². The molecule has 0 aromatic heterocycles. The zero-order valence-electron chi connectivity index (χ0n) is 11.8. The largest absolute Gasteiger partial charge is 0.271 e. The standard InChI is InChI=1S/C15H26N2S/c1-4-18-14-10-8-13(9-11-14)15(17-16)7-5-6-12(2)3/h8-12,15,17H,4-7,16H2,1-3H3. The molecule has 1 atom stereocenters. The molecule has 1 aromatic carbocycles. The van der Waals surface area contributed by atoms with Gasteiger partial charge in [-0.15, -0.1) is 11.8 Å². The van der Waals surface area contributed by atoms with Crippen LogP contribution in [0.1, 0.15) is 51.6 Å². The lowest BCUT2D eigenvalue weighted by molar-refractivity contribution is 0.455. The highest BCUT2D eigenvalue weighted by Gasteiger charge is 2.09. The van der Waals surface area contributed by atoms with Gasteiger partial charge in [0.05, 0.1) is 0 Å². The Hall–Kier alpha value is -0.510. The summed E-state index contributed by atoms with van der Waals surface area (Å²) in [5.74, 6) is 7.55. The second-order valence-electron chi connectivity index (χ2n) is 5.05. The van der Waals surface area contributed by atoms with Crippen LogP contribution in [0.3, 0.4) is 0 Å². The van der Waals surface area contributed by atoms with Crippen LogP contribution < -0.4 is 11.3 Å².